The van der Waals surface area contributed by atoms with Crippen molar-refractivity contribution in [1.29, 1.82) is 0 Å². The number of likely N-dealkylation sites (N-methyl/N-ethyl adjacent to an activating group) is 1. The number of hydrogen-bond acceptors (Lipinski definition) is 7. The molecular weight excluding hydrogens is 420 g/mol. The zero-order chi connectivity index (χ0) is 20.3. The zero-order valence-electron chi connectivity index (χ0n) is 16.7. The summed E-state index contributed by atoms with van der Waals surface area (Å²) in [7, 11) is 3.00. The van der Waals surface area contributed by atoms with Gasteiger partial charge in [0.25, 0.3) is 0 Å². The Morgan fingerprint density at radius 2 is 1.72 bits per heavy atom. The second-order valence-electron chi connectivity index (χ2n) is 6.46. The van der Waals surface area contributed by atoms with Gasteiger partial charge in [-0.3, -0.25) is 0 Å². The molecule has 0 amide bonds. The summed E-state index contributed by atoms with van der Waals surface area (Å²) in [5.74, 6) is 2.16. The number of nitrogens with zero attached hydrogens (tertiary/aromatic N) is 1. The third-order valence-corrected chi connectivity index (χ3v) is 5.96. The molecule has 8 nitrogen and oxygen atoms in total. The fourth-order valence-electron chi connectivity index (χ4n) is 2.97. The van der Waals surface area contributed by atoms with Gasteiger partial charge in [0.05, 0.1) is 19.1 Å². The Morgan fingerprint density at radius 1 is 1.03 bits per heavy atom. The second kappa shape index (κ2) is 9.53. The Balaban J connectivity index is 0.00000300. The number of nitrogens with one attached hydrogen (secondary N) is 1. The number of hydrogen-bond donors (Lipinski definition) is 1. The van der Waals surface area contributed by atoms with Gasteiger partial charge in [-0.1, -0.05) is 6.07 Å². The third kappa shape index (κ3) is 5.05. The molecule has 1 atom stereocenters. The number of ether oxygens (including phenoxy) is 4. The van der Waals surface area contributed by atoms with Gasteiger partial charge in [-0.25, -0.2) is 13.1 Å². The highest BCUT2D eigenvalue weighted by Gasteiger charge is 2.23. The van der Waals surface area contributed by atoms with Crippen molar-refractivity contribution in [3.05, 3.63) is 42.0 Å². The number of methoxy groups -OCH3 is 2. The monoisotopic (exact) mass is 444 g/mol. The van der Waals surface area contributed by atoms with Gasteiger partial charge in [0.15, 0.2) is 23.0 Å². The van der Waals surface area contributed by atoms with E-state index in [9.17, 15) is 8.42 Å². The van der Waals surface area contributed by atoms with Gasteiger partial charge in [-0.15, -0.1) is 12.4 Å². The number of fused-ring (bicyclic) bond motifs is 1. The number of benzene rings is 2. The van der Waals surface area contributed by atoms with Crippen LogP contribution < -0.4 is 23.7 Å². The second-order valence-corrected chi connectivity index (χ2v) is 8.23. The van der Waals surface area contributed by atoms with Crippen molar-refractivity contribution >= 4 is 22.4 Å². The fraction of sp³-hybridized carbons (Fsp3) is 0.368. The summed E-state index contributed by atoms with van der Waals surface area (Å²) < 4.78 is 49.3. The molecule has 160 valence electrons. The van der Waals surface area contributed by atoms with Crippen LogP contribution in [-0.4, -0.2) is 55.0 Å². The van der Waals surface area contributed by atoms with Crippen LogP contribution in [-0.2, 0) is 10.0 Å². The summed E-state index contributed by atoms with van der Waals surface area (Å²) in [4.78, 5) is 2.04. The van der Waals surface area contributed by atoms with E-state index in [1.165, 1.54) is 26.4 Å². The summed E-state index contributed by atoms with van der Waals surface area (Å²) in [6.07, 6.45) is 0. The van der Waals surface area contributed by atoms with E-state index in [2.05, 4.69) is 4.72 Å². The lowest BCUT2D eigenvalue weighted by Crippen LogP contribution is -2.34. The molecule has 1 heterocycles. The molecule has 2 aromatic rings. The molecule has 0 aliphatic carbocycles. The third-order valence-electron chi connectivity index (χ3n) is 4.54. The molecule has 0 saturated heterocycles. The van der Waals surface area contributed by atoms with Gasteiger partial charge >= 0.3 is 0 Å². The molecule has 29 heavy (non-hydrogen) atoms. The average molecular weight is 445 g/mol. The summed E-state index contributed by atoms with van der Waals surface area (Å²) in [6, 6.07) is 9.90. The molecule has 0 saturated carbocycles. The van der Waals surface area contributed by atoms with E-state index in [1.54, 1.807) is 6.07 Å². The maximum atomic E-state index is 12.8. The van der Waals surface area contributed by atoms with E-state index in [0.717, 1.165) is 5.56 Å². The lowest BCUT2D eigenvalue weighted by molar-refractivity contribution is 0.174. The quantitative estimate of drug-likeness (QED) is 0.669. The average Bonchev–Trinajstić information content (AvgIpc) is 3.15. The van der Waals surface area contributed by atoms with Crippen LogP contribution in [0.2, 0.25) is 0 Å². The van der Waals surface area contributed by atoms with Crippen molar-refractivity contribution in [2.45, 2.75) is 10.9 Å². The number of sulfonamides is 1. The topological polar surface area (TPSA) is 86.3 Å². The summed E-state index contributed by atoms with van der Waals surface area (Å²) in [5.41, 5.74) is 0.921. The molecule has 1 unspecified atom stereocenters. The van der Waals surface area contributed by atoms with Crippen LogP contribution in [0.25, 0.3) is 0 Å². The van der Waals surface area contributed by atoms with Crippen molar-refractivity contribution < 1.29 is 27.4 Å². The predicted octanol–water partition coefficient (Wildman–Crippen LogP) is 2.44. The molecule has 0 spiro atoms. The van der Waals surface area contributed by atoms with Gasteiger partial charge in [0, 0.05) is 18.7 Å². The Labute approximate surface area is 177 Å². The maximum absolute atomic E-state index is 12.8. The van der Waals surface area contributed by atoms with Crippen LogP contribution in [0.15, 0.2) is 41.3 Å². The first-order valence-electron chi connectivity index (χ1n) is 8.63. The van der Waals surface area contributed by atoms with E-state index < -0.39 is 10.0 Å². The highest BCUT2D eigenvalue weighted by Crippen LogP contribution is 2.35. The largest absolute Gasteiger partial charge is 0.493 e. The Kier molecular flexibility index (Phi) is 7.59. The molecule has 1 aliphatic heterocycles. The van der Waals surface area contributed by atoms with Crippen molar-refractivity contribution in [3.63, 3.8) is 0 Å². The van der Waals surface area contributed by atoms with Gasteiger partial charge in [-0.2, -0.15) is 0 Å². The Morgan fingerprint density at radius 3 is 2.38 bits per heavy atom. The fourth-order valence-corrected chi connectivity index (χ4v) is 4.03. The van der Waals surface area contributed by atoms with Crippen LogP contribution in [0.4, 0.5) is 0 Å². The van der Waals surface area contributed by atoms with Crippen molar-refractivity contribution in [1.82, 2.24) is 9.62 Å². The van der Waals surface area contributed by atoms with Gasteiger partial charge in [0.1, 0.15) is 0 Å². The first-order chi connectivity index (χ1) is 13.4. The van der Waals surface area contributed by atoms with Gasteiger partial charge in [0.2, 0.25) is 16.8 Å². The minimum absolute atomic E-state index is 0. The molecule has 1 N–H and O–H groups in total. The summed E-state index contributed by atoms with van der Waals surface area (Å²) in [6.45, 7) is 0.376. The Bertz CT molecular complexity index is 952. The zero-order valence-corrected chi connectivity index (χ0v) is 18.3. The molecule has 10 heteroatoms. The van der Waals surface area contributed by atoms with Crippen LogP contribution in [0, 0.1) is 0 Å². The standard InChI is InChI=1S/C19H24N2O6S.ClH/c1-21(2)15(13-5-7-17-19(9-13)27-12-26-17)11-20-28(22,23)14-6-8-16(24-3)18(10-14)25-4;/h5-10,15,20H,11-12H2,1-4H3;1H. The summed E-state index contributed by atoms with van der Waals surface area (Å²) >= 11 is 0. The van der Waals surface area contributed by atoms with E-state index in [1.807, 2.05) is 37.2 Å². The van der Waals surface area contributed by atoms with Gasteiger partial charge < -0.3 is 23.8 Å². The minimum Gasteiger partial charge on any atom is -0.493 e. The van der Waals surface area contributed by atoms with Crippen molar-refractivity contribution in [3.8, 4) is 23.0 Å². The van der Waals surface area contributed by atoms with E-state index in [-0.39, 0.29) is 36.7 Å². The first-order valence-corrected chi connectivity index (χ1v) is 10.1. The van der Waals surface area contributed by atoms with Crippen LogP contribution in [0.3, 0.4) is 0 Å². The maximum Gasteiger partial charge on any atom is 0.240 e. The molecule has 1 aliphatic rings. The predicted molar refractivity (Wildman–Crippen MR) is 111 cm³/mol. The van der Waals surface area contributed by atoms with Crippen LogP contribution in [0.1, 0.15) is 11.6 Å². The lowest BCUT2D eigenvalue weighted by Gasteiger charge is -2.25. The molecule has 0 bridgehead atoms. The molecular formula is C19H25ClN2O6S. The van der Waals surface area contributed by atoms with E-state index in [4.69, 9.17) is 18.9 Å². The molecule has 0 aromatic heterocycles. The SMILES string of the molecule is COc1ccc(S(=O)(=O)NCC(c2ccc3c(c2)OCO3)N(C)C)cc1OC.Cl. The molecule has 2 aromatic carbocycles. The van der Waals surface area contributed by atoms with Crippen molar-refractivity contribution in [2.24, 2.45) is 0 Å². The van der Waals surface area contributed by atoms with Crippen LogP contribution >= 0.6 is 12.4 Å². The molecule has 0 radical (unpaired) electrons. The minimum atomic E-state index is -3.73. The Hall–Kier alpha value is -2.20. The van der Waals surface area contributed by atoms with Crippen LogP contribution in [0.5, 0.6) is 23.0 Å². The highest BCUT2D eigenvalue weighted by atomic mass is 35.5. The molecule has 3 rings (SSSR count). The normalized spacial score (nSPS) is 13.7. The number of rotatable bonds is 8. The summed E-state index contributed by atoms with van der Waals surface area (Å²) in [5, 5.41) is 0. The van der Waals surface area contributed by atoms with E-state index in [0.29, 0.717) is 23.0 Å². The first kappa shape index (κ1) is 23.1. The number of halogens is 1. The highest BCUT2D eigenvalue weighted by molar-refractivity contribution is 7.89. The smallest absolute Gasteiger partial charge is 0.240 e. The van der Waals surface area contributed by atoms with Gasteiger partial charge in [-0.05, 0) is 43.9 Å². The molecule has 0 fully saturated rings. The van der Waals surface area contributed by atoms with E-state index >= 15 is 0 Å². The lowest BCUT2D eigenvalue weighted by atomic mass is 10.1. The van der Waals surface area contributed by atoms with Crippen molar-refractivity contribution in [2.75, 3.05) is 41.7 Å².